The van der Waals surface area contributed by atoms with E-state index >= 15 is 0 Å². The molecule has 1 atom stereocenters. The molecule has 0 aliphatic carbocycles. The Kier molecular flexibility index (Phi) is 6.12. The predicted octanol–water partition coefficient (Wildman–Crippen LogP) is 2.65. The minimum absolute atomic E-state index is 0.0163. The molecule has 88 valence electrons. The monoisotopic (exact) mass is 248 g/mol. The first-order chi connectivity index (χ1) is 8.29. The Hall–Kier alpha value is -1.54. The van der Waals surface area contributed by atoms with Crippen molar-refractivity contribution in [2.24, 2.45) is 5.73 Å². The topological polar surface area (TPSA) is 63.3 Å². The van der Waals surface area contributed by atoms with Gasteiger partial charge in [0.15, 0.2) is 0 Å². The Morgan fingerprint density at radius 2 is 1.18 bits per heavy atom. The zero-order valence-electron chi connectivity index (χ0n) is 9.28. The molecule has 0 aromatic heterocycles. The summed E-state index contributed by atoms with van der Waals surface area (Å²) in [5.41, 5.74) is 8.42. The fraction of sp³-hybridized carbons (Fsp3) is 0.0769. The molecule has 0 fully saturated rings. The number of nitrogens with two attached hydrogens (primary N) is 1. The van der Waals surface area contributed by atoms with Gasteiger partial charge >= 0.3 is 8.69 Å². The summed E-state index contributed by atoms with van der Waals surface area (Å²) in [5.74, 6) is 0. The first kappa shape index (κ1) is 13.5. The van der Waals surface area contributed by atoms with E-state index in [1.165, 1.54) is 0 Å². The summed E-state index contributed by atoms with van der Waals surface area (Å²) in [6, 6.07) is 20.2. The van der Waals surface area contributed by atoms with Crippen molar-refractivity contribution in [2.75, 3.05) is 0 Å². The second-order valence-corrected chi connectivity index (χ2v) is 3.57. The zero-order chi connectivity index (χ0) is 12.5. The van der Waals surface area contributed by atoms with E-state index in [9.17, 15) is 0 Å². The third-order valence-corrected chi connectivity index (χ3v) is 2.32. The van der Waals surface area contributed by atoms with Crippen molar-refractivity contribution < 1.29 is 9.46 Å². The average molecular weight is 248 g/mol. The highest BCUT2D eigenvalue weighted by Gasteiger charge is 2.06. The third kappa shape index (κ3) is 4.45. The van der Waals surface area contributed by atoms with E-state index in [2.05, 4.69) is 24.3 Å². The van der Waals surface area contributed by atoms with Crippen LogP contribution < -0.4 is 5.73 Å². The molecule has 17 heavy (non-hydrogen) atoms. The highest BCUT2D eigenvalue weighted by Crippen LogP contribution is 2.18. The van der Waals surface area contributed by atoms with Gasteiger partial charge in [-0.3, -0.25) is 0 Å². The molecular formula is C13H15NO2P+. The van der Waals surface area contributed by atoms with Gasteiger partial charge < -0.3 is 5.73 Å². The normalized spacial score (nSPS) is 9.82. The van der Waals surface area contributed by atoms with Gasteiger partial charge in [0.25, 0.3) is 0 Å². The van der Waals surface area contributed by atoms with Crippen LogP contribution in [0.3, 0.4) is 0 Å². The van der Waals surface area contributed by atoms with Gasteiger partial charge in [-0.05, 0) is 15.7 Å². The van der Waals surface area contributed by atoms with Crippen molar-refractivity contribution in [1.82, 2.24) is 0 Å². The van der Waals surface area contributed by atoms with Gasteiger partial charge in [0, 0.05) is 0 Å². The van der Waals surface area contributed by atoms with E-state index in [0.717, 1.165) is 11.1 Å². The molecule has 0 saturated carbocycles. The second-order valence-electron chi connectivity index (χ2n) is 3.39. The summed E-state index contributed by atoms with van der Waals surface area (Å²) in [5, 5.41) is 0. The van der Waals surface area contributed by atoms with Crippen molar-refractivity contribution in [1.29, 1.82) is 0 Å². The summed E-state index contributed by atoms with van der Waals surface area (Å²) < 4.78 is 8.51. The van der Waals surface area contributed by atoms with Crippen LogP contribution in [-0.4, -0.2) is 4.89 Å². The van der Waals surface area contributed by atoms with Gasteiger partial charge in [-0.25, -0.2) is 0 Å². The van der Waals surface area contributed by atoms with Crippen LogP contribution in [0.1, 0.15) is 17.2 Å². The van der Waals surface area contributed by atoms with E-state index in [-0.39, 0.29) is 6.04 Å². The molecular weight excluding hydrogens is 233 g/mol. The Morgan fingerprint density at radius 3 is 1.47 bits per heavy atom. The first-order valence-corrected chi connectivity index (χ1v) is 6.02. The quantitative estimate of drug-likeness (QED) is 0.803. The van der Waals surface area contributed by atoms with Crippen LogP contribution in [0, 0.1) is 0 Å². The summed E-state index contributed by atoms with van der Waals surface area (Å²) in [6.07, 6.45) is 0. The molecule has 0 aliphatic rings. The molecule has 0 amide bonds. The molecule has 0 radical (unpaired) electrons. The Balaban J connectivity index is 0.000000437. The van der Waals surface area contributed by atoms with Crippen LogP contribution in [0.2, 0.25) is 0 Å². The molecule has 0 aliphatic heterocycles. The number of hydrogen-bond donors (Lipinski definition) is 2. The maximum absolute atomic E-state index is 8.51. The van der Waals surface area contributed by atoms with Crippen LogP contribution >= 0.6 is 8.69 Å². The lowest BCUT2D eigenvalue weighted by molar-refractivity contribution is 0.524. The largest absolute Gasteiger partial charge is 0.491 e. The van der Waals surface area contributed by atoms with Crippen molar-refractivity contribution in [2.45, 2.75) is 6.04 Å². The van der Waals surface area contributed by atoms with E-state index in [1.54, 1.807) is 0 Å². The standard InChI is InChI=1S/C13H13N.HO2P/c14-13(11-7-3-1-4-8-11)12-9-5-2-6-10-12;1-3-2/h1-10,13H,14H2;3H/p+1. The Morgan fingerprint density at radius 1 is 0.882 bits per heavy atom. The highest BCUT2D eigenvalue weighted by molar-refractivity contribution is 7.16. The highest BCUT2D eigenvalue weighted by atomic mass is 31.1. The van der Waals surface area contributed by atoms with Gasteiger partial charge in [-0.2, -0.15) is 4.89 Å². The smallest absolute Gasteiger partial charge is 0.320 e. The lowest BCUT2D eigenvalue weighted by Crippen LogP contribution is -2.11. The summed E-state index contributed by atoms with van der Waals surface area (Å²) >= 11 is 0. The van der Waals surface area contributed by atoms with Crippen LogP contribution in [0.4, 0.5) is 0 Å². The second kappa shape index (κ2) is 7.69. The van der Waals surface area contributed by atoms with E-state index in [0.29, 0.717) is 0 Å². The molecule has 0 heterocycles. The molecule has 2 aromatic carbocycles. The first-order valence-electron chi connectivity index (χ1n) is 5.16. The molecule has 1 unspecified atom stereocenters. The van der Waals surface area contributed by atoms with Crippen molar-refractivity contribution in [3.63, 3.8) is 0 Å². The SMILES string of the molecule is NC(c1ccccc1)c1ccccc1.O=[PH+]O. The fourth-order valence-electron chi connectivity index (χ4n) is 1.51. The van der Waals surface area contributed by atoms with Gasteiger partial charge in [0.1, 0.15) is 0 Å². The fourth-order valence-corrected chi connectivity index (χ4v) is 1.51. The van der Waals surface area contributed by atoms with Gasteiger partial charge in [0.05, 0.1) is 6.04 Å². The molecule has 2 rings (SSSR count). The maximum atomic E-state index is 8.51. The third-order valence-electron chi connectivity index (χ3n) is 2.32. The van der Waals surface area contributed by atoms with E-state index in [1.807, 2.05) is 36.4 Å². The Labute approximate surface area is 102 Å². The van der Waals surface area contributed by atoms with Gasteiger partial charge in [-0.15, -0.1) is 0 Å². The lowest BCUT2D eigenvalue weighted by atomic mass is 10.00. The molecule has 4 heteroatoms. The van der Waals surface area contributed by atoms with Crippen LogP contribution in [0.5, 0.6) is 0 Å². The van der Waals surface area contributed by atoms with Crippen molar-refractivity contribution >= 4 is 8.69 Å². The zero-order valence-corrected chi connectivity index (χ0v) is 10.3. The van der Waals surface area contributed by atoms with Crippen molar-refractivity contribution in [3.8, 4) is 0 Å². The molecule has 3 N–H and O–H groups in total. The molecule has 0 spiro atoms. The minimum atomic E-state index is -1.17. The maximum Gasteiger partial charge on any atom is 0.491 e. The van der Waals surface area contributed by atoms with Gasteiger partial charge in [-0.1, -0.05) is 60.7 Å². The Bertz CT molecular complexity index is 394. The van der Waals surface area contributed by atoms with E-state index < -0.39 is 8.69 Å². The van der Waals surface area contributed by atoms with Crippen LogP contribution in [-0.2, 0) is 4.57 Å². The average Bonchev–Trinajstić information content (AvgIpc) is 2.41. The summed E-state index contributed by atoms with van der Waals surface area (Å²) in [7, 11) is -1.17. The molecule has 3 nitrogen and oxygen atoms in total. The number of benzene rings is 2. The summed E-state index contributed by atoms with van der Waals surface area (Å²) in [4.78, 5) is 7.04. The predicted molar refractivity (Wildman–Crippen MR) is 70.1 cm³/mol. The number of rotatable bonds is 2. The number of hydrogen-bond acceptors (Lipinski definition) is 2. The molecule has 0 saturated heterocycles. The summed E-state index contributed by atoms with van der Waals surface area (Å²) in [6.45, 7) is 0. The van der Waals surface area contributed by atoms with Gasteiger partial charge in [0.2, 0.25) is 0 Å². The van der Waals surface area contributed by atoms with E-state index in [4.69, 9.17) is 15.2 Å². The van der Waals surface area contributed by atoms with Crippen LogP contribution in [0.25, 0.3) is 0 Å². The minimum Gasteiger partial charge on any atom is -0.320 e. The molecule has 0 bridgehead atoms. The van der Waals surface area contributed by atoms with Crippen molar-refractivity contribution in [3.05, 3.63) is 71.8 Å². The van der Waals surface area contributed by atoms with Crippen LogP contribution in [0.15, 0.2) is 60.7 Å². The lowest BCUT2D eigenvalue weighted by Gasteiger charge is -2.11. The molecule has 2 aromatic rings.